The first-order valence-electron chi connectivity index (χ1n) is 8.39. The van der Waals surface area contributed by atoms with Crippen LogP contribution < -0.4 is 5.73 Å². The molecular formula is C20H21N3S. The van der Waals surface area contributed by atoms with Crippen LogP contribution in [0, 0.1) is 5.92 Å². The third kappa shape index (κ3) is 2.89. The summed E-state index contributed by atoms with van der Waals surface area (Å²) in [6.45, 7) is 2.32. The molecule has 4 rings (SSSR count). The number of aromatic nitrogens is 1. The van der Waals surface area contributed by atoms with E-state index in [-0.39, 0.29) is 0 Å². The Bertz CT molecular complexity index is 916. The largest absolute Gasteiger partial charge is 0.383 e. The maximum atomic E-state index is 6.13. The van der Waals surface area contributed by atoms with E-state index in [1.54, 1.807) is 11.3 Å². The lowest BCUT2D eigenvalue weighted by Crippen LogP contribution is -2.10. The number of hydrogen-bond donors (Lipinski definition) is 2. The molecule has 0 spiro atoms. The molecule has 0 amide bonds. The Balaban J connectivity index is 1.72. The number of thiophene rings is 1. The van der Waals surface area contributed by atoms with E-state index < -0.39 is 0 Å². The van der Waals surface area contributed by atoms with E-state index in [2.05, 4.69) is 41.3 Å². The van der Waals surface area contributed by atoms with Gasteiger partial charge in [0.05, 0.1) is 10.6 Å². The molecule has 0 radical (unpaired) electrons. The minimum atomic E-state index is 0.576. The van der Waals surface area contributed by atoms with E-state index in [4.69, 9.17) is 5.73 Å². The molecule has 2 heterocycles. The summed E-state index contributed by atoms with van der Waals surface area (Å²) < 4.78 is 0. The van der Waals surface area contributed by atoms with Gasteiger partial charge in [0.2, 0.25) is 0 Å². The molecule has 2 aromatic heterocycles. The Hall–Kier alpha value is -2.33. The molecule has 24 heavy (non-hydrogen) atoms. The van der Waals surface area contributed by atoms with Crippen LogP contribution in [0.2, 0.25) is 0 Å². The van der Waals surface area contributed by atoms with Crippen molar-refractivity contribution in [2.45, 2.75) is 26.2 Å². The van der Waals surface area contributed by atoms with Crippen LogP contribution in [-0.2, 0) is 0 Å². The van der Waals surface area contributed by atoms with E-state index in [0.717, 1.165) is 28.4 Å². The van der Waals surface area contributed by atoms with Gasteiger partial charge in [-0.3, -0.25) is 0 Å². The number of amidine groups is 1. The van der Waals surface area contributed by atoms with E-state index in [1.165, 1.54) is 29.4 Å². The number of aromatic amines is 1. The Morgan fingerprint density at radius 3 is 3.00 bits per heavy atom. The van der Waals surface area contributed by atoms with Crippen LogP contribution in [0.25, 0.3) is 16.5 Å². The molecule has 1 unspecified atom stereocenters. The number of rotatable bonds is 3. The summed E-state index contributed by atoms with van der Waals surface area (Å²) in [7, 11) is 0. The van der Waals surface area contributed by atoms with Crippen molar-refractivity contribution in [2.24, 2.45) is 16.6 Å². The van der Waals surface area contributed by atoms with E-state index in [1.807, 2.05) is 23.6 Å². The van der Waals surface area contributed by atoms with Crippen LogP contribution in [-0.4, -0.2) is 10.8 Å². The molecular weight excluding hydrogens is 314 g/mol. The molecule has 3 aromatic rings. The zero-order chi connectivity index (χ0) is 16.5. The first-order valence-corrected chi connectivity index (χ1v) is 9.27. The second kappa shape index (κ2) is 6.29. The fourth-order valence-electron chi connectivity index (χ4n) is 3.27. The average Bonchev–Trinajstić information content (AvgIpc) is 3.25. The molecule has 1 aromatic carbocycles. The third-order valence-corrected chi connectivity index (χ3v) is 5.60. The lowest BCUT2D eigenvalue weighted by atomic mass is 9.87. The SMILES string of the molecule is CC1CC=C(c2c[nH]c3ccc(N=C(N)c4cccs4)cc23)CC1. The molecule has 0 saturated heterocycles. The zero-order valence-corrected chi connectivity index (χ0v) is 14.6. The van der Waals surface area contributed by atoms with Gasteiger partial charge in [-0.25, -0.2) is 4.99 Å². The summed E-state index contributed by atoms with van der Waals surface area (Å²) in [5.74, 6) is 1.37. The second-order valence-corrected chi connectivity index (χ2v) is 7.46. The molecule has 0 fully saturated rings. The molecule has 3 N–H and O–H groups in total. The predicted molar refractivity (Wildman–Crippen MR) is 104 cm³/mol. The van der Waals surface area contributed by atoms with Gasteiger partial charge in [-0.2, -0.15) is 0 Å². The molecule has 1 atom stereocenters. The number of fused-ring (bicyclic) bond motifs is 1. The third-order valence-electron chi connectivity index (χ3n) is 4.71. The number of H-pyrrole nitrogens is 1. The van der Waals surface area contributed by atoms with Crippen molar-refractivity contribution >= 4 is 39.3 Å². The number of benzene rings is 1. The maximum absolute atomic E-state index is 6.13. The number of hydrogen-bond acceptors (Lipinski definition) is 2. The van der Waals surface area contributed by atoms with E-state index in [9.17, 15) is 0 Å². The summed E-state index contributed by atoms with van der Waals surface area (Å²) in [6.07, 6.45) is 8.11. The van der Waals surface area contributed by atoms with Crippen molar-refractivity contribution in [2.75, 3.05) is 0 Å². The highest BCUT2D eigenvalue weighted by Crippen LogP contribution is 2.35. The Kier molecular flexibility index (Phi) is 3.98. The maximum Gasteiger partial charge on any atom is 0.141 e. The fraction of sp³-hybridized carbons (Fsp3) is 0.250. The molecule has 0 aliphatic heterocycles. The van der Waals surface area contributed by atoms with Gasteiger partial charge in [-0.1, -0.05) is 19.1 Å². The van der Waals surface area contributed by atoms with Crippen molar-refractivity contribution in [3.8, 4) is 0 Å². The van der Waals surface area contributed by atoms with Crippen LogP contribution in [0.5, 0.6) is 0 Å². The highest BCUT2D eigenvalue weighted by Gasteiger charge is 2.15. The van der Waals surface area contributed by atoms with Crippen LogP contribution in [0.15, 0.2) is 53.0 Å². The van der Waals surface area contributed by atoms with Crippen LogP contribution >= 0.6 is 11.3 Å². The molecule has 4 heteroatoms. The zero-order valence-electron chi connectivity index (χ0n) is 13.8. The van der Waals surface area contributed by atoms with Crippen LogP contribution in [0.4, 0.5) is 5.69 Å². The van der Waals surface area contributed by atoms with Gasteiger partial charge in [-0.05, 0) is 60.4 Å². The summed E-state index contributed by atoms with van der Waals surface area (Å²) in [5, 5.41) is 3.25. The van der Waals surface area contributed by atoms with Gasteiger partial charge < -0.3 is 10.7 Å². The summed E-state index contributed by atoms with van der Waals surface area (Å²) >= 11 is 1.61. The molecule has 1 aliphatic carbocycles. The van der Waals surface area contributed by atoms with Gasteiger partial charge in [0, 0.05) is 22.7 Å². The van der Waals surface area contributed by atoms with Gasteiger partial charge >= 0.3 is 0 Å². The second-order valence-electron chi connectivity index (χ2n) is 6.52. The number of allylic oxidation sites excluding steroid dienone is 2. The summed E-state index contributed by atoms with van der Waals surface area (Å²) in [4.78, 5) is 9.00. The van der Waals surface area contributed by atoms with Crippen LogP contribution in [0.1, 0.15) is 36.6 Å². The van der Waals surface area contributed by atoms with Crippen LogP contribution in [0.3, 0.4) is 0 Å². The molecule has 122 valence electrons. The van der Waals surface area contributed by atoms with Crippen molar-refractivity contribution in [1.29, 1.82) is 0 Å². The van der Waals surface area contributed by atoms with E-state index in [0.29, 0.717) is 5.84 Å². The normalized spacial score (nSPS) is 18.8. The topological polar surface area (TPSA) is 54.2 Å². The van der Waals surface area contributed by atoms with Crippen molar-refractivity contribution in [3.63, 3.8) is 0 Å². The lowest BCUT2D eigenvalue weighted by Gasteiger charge is -2.17. The standard InChI is InChI=1S/C20H21N3S/c1-13-4-6-14(7-5-13)17-12-22-18-9-8-15(11-16(17)18)23-20(21)19-3-2-10-24-19/h2-3,6,8-13,22H,4-5,7H2,1H3,(H2,21,23). The number of aliphatic imine (C=N–C) groups is 1. The fourth-order valence-corrected chi connectivity index (χ4v) is 3.90. The van der Waals surface area contributed by atoms with Gasteiger partial charge in [0.1, 0.15) is 5.84 Å². The van der Waals surface area contributed by atoms with Gasteiger partial charge in [0.15, 0.2) is 0 Å². The Morgan fingerprint density at radius 1 is 1.33 bits per heavy atom. The smallest absolute Gasteiger partial charge is 0.141 e. The number of nitrogens with two attached hydrogens (primary N) is 1. The van der Waals surface area contributed by atoms with Gasteiger partial charge in [0.25, 0.3) is 0 Å². The Morgan fingerprint density at radius 2 is 2.25 bits per heavy atom. The Labute approximate surface area is 145 Å². The lowest BCUT2D eigenvalue weighted by molar-refractivity contribution is 0.534. The average molecular weight is 335 g/mol. The summed E-state index contributed by atoms with van der Waals surface area (Å²) in [6, 6.07) is 10.2. The quantitative estimate of drug-likeness (QED) is 0.484. The number of nitrogens with one attached hydrogen (secondary N) is 1. The highest BCUT2D eigenvalue weighted by molar-refractivity contribution is 7.12. The minimum Gasteiger partial charge on any atom is -0.383 e. The highest BCUT2D eigenvalue weighted by atomic mass is 32.1. The van der Waals surface area contributed by atoms with E-state index >= 15 is 0 Å². The predicted octanol–water partition coefficient (Wildman–Crippen LogP) is 5.47. The molecule has 3 nitrogen and oxygen atoms in total. The van der Waals surface area contributed by atoms with Crippen molar-refractivity contribution in [1.82, 2.24) is 4.98 Å². The monoisotopic (exact) mass is 335 g/mol. The first-order chi connectivity index (χ1) is 11.7. The van der Waals surface area contributed by atoms with Gasteiger partial charge in [-0.15, -0.1) is 11.3 Å². The van der Waals surface area contributed by atoms with Crippen molar-refractivity contribution in [3.05, 3.63) is 58.4 Å². The molecule has 1 aliphatic rings. The van der Waals surface area contributed by atoms with Crippen molar-refractivity contribution < 1.29 is 0 Å². The molecule has 0 saturated carbocycles. The summed E-state index contributed by atoms with van der Waals surface area (Å²) in [5.41, 5.74) is 10.9. The minimum absolute atomic E-state index is 0.576. The number of nitrogens with zero attached hydrogens (tertiary/aromatic N) is 1. The molecule has 0 bridgehead atoms. The first kappa shape index (κ1) is 15.2.